The summed E-state index contributed by atoms with van der Waals surface area (Å²) in [6, 6.07) is 16.2. The predicted octanol–water partition coefficient (Wildman–Crippen LogP) is 4.40. The van der Waals surface area contributed by atoms with Gasteiger partial charge in [0.05, 0.1) is 6.61 Å². The summed E-state index contributed by atoms with van der Waals surface area (Å²) in [7, 11) is 0. The van der Waals surface area contributed by atoms with Gasteiger partial charge in [-0.1, -0.05) is 36.4 Å². The van der Waals surface area contributed by atoms with Gasteiger partial charge in [-0.3, -0.25) is 4.79 Å². The summed E-state index contributed by atoms with van der Waals surface area (Å²) < 4.78 is 5.81. The molecule has 3 nitrogen and oxygen atoms in total. The zero-order valence-electron chi connectivity index (χ0n) is 13.0. The predicted molar refractivity (Wildman–Crippen MR) is 96.3 cm³/mol. The van der Waals surface area contributed by atoms with E-state index in [1.54, 1.807) is 0 Å². The largest absolute Gasteiger partial charge is 0.494 e. The second-order valence-corrected chi connectivity index (χ2v) is 6.41. The van der Waals surface area contributed by atoms with E-state index in [0.717, 1.165) is 30.7 Å². The fourth-order valence-corrected chi connectivity index (χ4v) is 3.10. The van der Waals surface area contributed by atoms with Gasteiger partial charge in [0.15, 0.2) is 0 Å². The van der Waals surface area contributed by atoms with Crippen molar-refractivity contribution in [2.75, 3.05) is 11.9 Å². The lowest BCUT2D eigenvalue weighted by Gasteiger charge is -2.18. The van der Waals surface area contributed by atoms with Crippen LogP contribution in [-0.4, -0.2) is 12.5 Å². The van der Waals surface area contributed by atoms with E-state index < -0.39 is 0 Å². The number of fused-ring (bicyclic) bond motifs is 1. The highest BCUT2D eigenvalue weighted by atomic mass is 32.1. The van der Waals surface area contributed by atoms with Crippen molar-refractivity contribution in [3.05, 3.63) is 59.7 Å². The van der Waals surface area contributed by atoms with Crippen LogP contribution in [0.1, 0.15) is 35.6 Å². The van der Waals surface area contributed by atoms with Crippen LogP contribution in [0.3, 0.4) is 0 Å². The van der Waals surface area contributed by atoms with Gasteiger partial charge in [0, 0.05) is 23.4 Å². The molecule has 1 heterocycles. The van der Waals surface area contributed by atoms with Gasteiger partial charge >= 0.3 is 0 Å². The van der Waals surface area contributed by atoms with Crippen LogP contribution in [0.2, 0.25) is 0 Å². The maximum absolute atomic E-state index is 11.4. The Morgan fingerprint density at radius 1 is 1.13 bits per heavy atom. The van der Waals surface area contributed by atoms with Crippen molar-refractivity contribution >= 4 is 24.2 Å². The third-order valence-corrected chi connectivity index (χ3v) is 4.61. The molecule has 0 bridgehead atoms. The molecule has 3 rings (SSSR count). The molecule has 1 unspecified atom stereocenters. The summed E-state index contributed by atoms with van der Waals surface area (Å²) in [6.45, 7) is 0.649. The van der Waals surface area contributed by atoms with Gasteiger partial charge in [-0.25, -0.2) is 0 Å². The van der Waals surface area contributed by atoms with E-state index >= 15 is 0 Å². The van der Waals surface area contributed by atoms with E-state index in [2.05, 4.69) is 30.1 Å². The van der Waals surface area contributed by atoms with Gasteiger partial charge in [0.1, 0.15) is 5.75 Å². The van der Waals surface area contributed by atoms with Gasteiger partial charge in [-0.15, -0.1) is 0 Å². The molecule has 120 valence electrons. The Kier molecular flexibility index (Phi) is 5.23. The second-order valence-electron chi connectivity index (χ2n) is 5.78. The Bertz CT molecular complexity index is 672. The van der Waals surface area contributed by atoms with E-state index in [4.69, 9.17) is 4.74 Å². The summed E-state index contributed by atoms with van der Waals surface area (Å²) in [5.74, 6) is 0.886. The number of hydrogen-bond donors (Lipinski definition) is 2. The van der Waals surface area contributed by atoms with Gasteiger partial charge < -0.3 is 10.1 Å². The van der Waals surface area contributed by atoms with Crippen molar-refractivity contribution in [3.63, 3.8) is 0 Å². The smallest absolute Gasteiger partial charge is 0.224 e. The third kappa shape index (κ3) is 4.29. The minimum atomic E-state index is 0.0791. The molecule has 4 heteroatoms. The van der Waals surface area contributed by atoms with Crippen molar-refractivity contribution in [3.8, 4) is 5.75 Å². The monoisotopic (exact) mass is 327 g/mol. The van der Waals surface area contributed by atoms with Crippen molar-refractivity contribution in [1.82, 2.24) is 0 Å². The highest BCUT2D eigenvalue weighted by Gasteiger charge is 2.15. The van der Waals surface area contributed by atoms with Crippen molar-refractivity contribution in [2.24, 2.45) is 0 Å². The van der Waals surface area contributed by atoms with E-state index in [-0.39, 0.29) is 11.2 Å². The number of anilines is 1. The molecule has 0 spiro atoms. The molecule has 1 aliphatic rings. The van der Waals surface area contributed by atoms with Crippen molar-refractivity contribution < 1.29 is 9.53 Å². The topological polar surface area (TPSA) is 38.3 Å². The first kappa shape index (κ1) is 15.9. The fraction of sp³-hybridized carbons (Fsp3) is 0.316. The number of carbonyl (C=O) groups excluding carboxylic acids is 1. The zero-order chi connectivity index (χ0) is 16.1. The first-order chi connectivity index (χ1) is 11.2. The Hall–Kier alpha value is -1.94. The minimum Gasteiger partial charge on any atom is -0.494 e. The number of carbonyl (C=O) groups is 1. The maximum Gasteiger partial charge on any atom is 0.224 e. The number of amides is 1. The summed E-state index contributed by atoms with van der Waals surface area (Å²) in [4.78, 5) is 11.4. The molecule has 1 atom stereocenters. The molecule has 0 aromatic heterocycles. The van der Waals surface area contributed by atoms with Crippen molar-refractivity contribution in [2.45, 2.75) is 30.9 Å². The third-order valence-electron chi connectivity index (χ3n) is 4.05. The van der Waals surface area contributed by atoms with Crippen LogP contribution < -0.4 is 10.1 Å². The fourth-order valence-electron chi connectivity index (χ4n) is 2.75. The van der Waals surface area contributed by atoms with E-state index in [9.17, 15) is 4.79 Å². The number of ether oxygens (including phenoxy) is 1. The Labute approximate surface area is 142 Å². The maximum atomic E-state index is 11.4. The van der Waals surface area contributed by atoms with Crippen LogP contribution in [0.15, 0.2) is 48.5 Å². The Morgan fingerprint density at radius 3 is 2.78 bits per heavy atom. The molecule has 23 heavy (non-hydrogen) atoms. The zero-order valence-corrected chi connectivity index (χ0v) is 13.9. The van der Waals surface area contributed by atoms with Crippen LogP contribution in [-0.2, 0) is 11.2 Å². The summed E-state index contributed by atoms with van der Waals surface area (Å²) in [6.07, 6.45) is 3.27. The molecule has 0 saturated heterocycles. The first-order valence-corrected chi connectivity index (χ1v) is 8.52. The Morgan fingerprint density at radius 2 is 1.96 bits per heavy atom. The molecule has 1 amide bonds. The standard InChI is InChI=1S/C19H21NO2S/c21-19-11-9-14-8-10-16(13-17(14)20-19)22-12-4-7-18(23)15-5-2-1-3-6-15/h1-3,5-6,8,10,13,18,23H,4,7,9,11-12H2,(H,20,21). The average Bonchev–Trinajstić information content (AvgIpc) is 2.59. The number of benzene rings is 2. The summed E-state index contributed by atoms with van der Waals surface area (Å²) in [5, 5.41) is 3.14. The van der Waals surface area contributed by atoms with Gasteiger partial charge in [0.25, 0.3) is 0 Å². The summed E-state index contributed by atoms with van der Waals surface area (Å²) in [5.41, 5.74) is 3.30. The number of hydrogen-bond acceptors (Lipinski definition) is 3. The number of thiol groups is 1. The SMILES string of the molecule is O=C1CCc2ccc(OCCCC(S)c3ccccc3)cc2N1. The molecular formula is C19H21NO2S. The van der Waals surface area contributed by atoms with E-state index in [1.807, 2.05) is 36.4 Å². The van der Waals surface area contributed by atoms with Gasteiger partial charge in [-0.2, -0.15) is 12.6 Å². The average molecular weight is 327 g/mol. The normalized spacial score (nSPS) is 14.7. The van der Waals surface area contributed by atoms with Crippen LogP contribution in [0.25, 0.3) is 0 Å². The second kappa shape index (κ2) is 7.55. The molecule has 0 aliphatic carbocycles. The first-order valence-electron chi connectivity index (χ1n) is 8.01. The van der Waals surface area contributed by atoms with Crippen LogP contribution in [0, 0.1) is 0 Å². The Balaban J connectivity index is 1.48. The molecule has 2 aromatic carbocycles. The molecule has 1 aliphatic heterocycles. The lowest BCUT2D eigenvalue weighted by molar-refractivity contribution is -0.116. The van der Waals surface area contributed by atoms with Gasteiger partial charge in [-0.05, 0) is 36.5 Å². The quantitative estimate of drug-likeness (QED) is 0.609. The molecule has 0 radical (unpaired) electrons. The van der Waals surface area contributed by atoms with Crippen LogP contribution in [0.4, 0.5) is 5.69 Å². The number of nitrogens with one attached hydrogen (secondary N) is 1. The van der Waals surface area contributed by atoms with E-state index in [0.29, 0.717) is 13.0 Å². The molecular weight excluding hydrogens is 306 g/mol. The molecule has 2 aromatic rings. The van der Waals surface area contributed by atoms with Crippen molar-refractivity contribution in [1.29, 1.82) is 0 Å². The molecule has 1 N–H and O–H groups in total. The lowest BCUT2D eigenvalue weighted by atomic mass is 10.0. The molecule has 0 saturated carbocycles. The van der Waals surface area contributed by atoms with Crippen LogP contribution >= 0.6 is 12.6 Å². The molecule has 0 fully saturated rings. The number of rotatable bonds is 6. The minimum absolute atomic E-state index is 0.0791. The van der Waals surface area contributed by atoms with Crippen LogP contribution in [0.5, 0.6) is 5.75 Å². The lowest BCUT2D eigenvalue weighted by Crippen LogP contribution is -2.18. The van der Waals surface area contributed by atoms with Gasteiger partial charge in [0.2, 0.25) is 5.91 Å². The highest BCUT2D eigenvalue weighted by molar-refractivity contribution is 7.80. The summed E-state index contributed by atoms with van der Waals surface area (Å²) >= 11 is 4.65. The number of aryl methyl sites for hydroxylation is 1. The highest BCUT2D eigenvalue weighted by Crippen LogP contribution is 2.28. The van der Waals surface area contributed by atoms with E-state index in [1.165, 1.54) is 11.1 Å².